The summed E-state index contributed by atoms with van der Waals surface area (Å²) in [6.45, 7) is 3.26. The maximum Gasteiger partial charge on any atom is 0.417 e. The number of benzene rings is 2. The van der Waals surface area contributed by atoms with Crippen molar-refractivity contribution in [3.8, 4) is 0 Å². The van der Waals surface area contributed by atoms with Gasteiger partial charge >= 0.3 is 12.4 Å². The Morgan fingerprint density at radius 3 is 2.00 bits per heavy atom. The van der Waals surface area contributed by atoms with Gasteiger partial charge < -0.3 is 0 Å². The third-order valence-electron chi connectivity index (χ3n) is 5.15. The topological polar surface area (TPSA) is 66.9 Å². The van der Waals surface area contributed by atoms with E-state index in [1.807, 2.05) is 5.43 Å². The fourth-order valence-electron chi connectivity index (χ4n) is 3.46. The van der Waals surface area contributed by atoms with Crippen molar-refractivity contribution >= 4 is 52.5 Å². The van der Waals surface area contributed by atoms with Crippen LogP contribution in [0, 0.1) is 13.8 Å². The van der Waals surface area contributed by atoms with Crippen LogP contribution in [-0.2, 0) is 6.18 Å². The van der Waals surface area contributed by atoms with Gasteiger partial charge in [0, 0.05) is 17.0 Å². The number of aryl methyl sites for hydroxylation is 2. The molecule has 1 aromatic heterocycles. The van der Waals surface area contributed by atoms with E-state index >= 15 is 0 Å². The minimum Gasteiger partial charge on any atom is -0.267 e. The fourth-order valence-corrected chi connectivity index (χ4v) is 4.08. The minimum atomic E-state index is -5.17. The minimum absolute atomic E-state index is 0.0735. The molecule has 0 fully saturated rings. The molecule has 39 heavy (non-hydrogen) atoms. The van der Waals surface area contributed by atoms with Crippen LogP contribution in [0.3, 0.4) is 0 Å². The second-order valence-corrected chi connectivity index (χ2v) is 9.34. The number of halogens is 10. The normalized spacial score (nSPS) is 13.3. The maximum atomic E-state index is 15.0. The van der Waals surface area contributed by atoms with Gasteiger partial charge in [-0.1, -0.05) is 40.9 Å². The number of nitrogens with one attached hydrogen (secondary N) is 2. The lowest BCUT2D eigenvalue weighted by Gasteiger charge is -2.19. The van der Waals surface area contributed by atoms with Gasteiger partial charge in [0.15, 0.2) is 0 Å². The number of hydrogen-bond acceptors (Lipinski definition) is 4. The second kappa shape index (κ2) is 11.6. The zero-order chi connectivity index (χ0) is 29.3. The van der Waals surface area contributed by atoms with Crippen LogP contribution in [0.25, 0.3) is 5.83 Å². The molecule has 1 amide bonds. The average Bonchev–Trinajstić information content (AvgIpc) is 2.81. The highest BCUT2D eigenvalue weighted by molar-refractivity contribution is 6.48. The molecular weight excluding hydrogens is 600 g/mol. The Labute approximate surface area is 232 Å². The SMILES string of the molecule is Cc1cc(C)nc(NNC(=O)c2ccc(C(F)=CC(c3cc(Cl)c(Cl)c(Cl)c3)C(F)(F)F)cc2C(F)(F)F)n1. The van der Waals surface area contributed by atoms with Crippen molar-refractivity contribution in [1.82, 2.24) is 15.4 Å². The molecule has 1 heterocycles. The van der Waals surface area contributed by atoms with E-state index in [9.17, 15) is 35.5 Å². The van der Waals surface area contributed by atoms with Gasteiger partial charge in [0.2, 0.25) is 5.95 Å². The second-order valence-electron chi connectivity index (χ2n) is 8.14. The lowest BCUT2D eigenvalue weighted by atomic mass is 9.95. The number of allylic oxidation sites excluding steroid dienone is 1. The highest BCUT2D eigenvalue weighted by atomic mass is 35.5. The van der Waals surface area contributed by atoms with E-state index in [1.54, 1.807) is 19.9 Å². The first kappa shape index (κ1) is 30.5. The van der Waals surface area contributed by atoms with Crippen molar-refractivity contribution in [3.05, 3.63) is 91.2 Å². The lowest BCUT2D eigenvalue weighted by Crippen LogP contribution is -2.32. The number of hydrazine groups is 1. The highest BCUT2D eigenvalue weighted by Gasteiger charge is 2.41. The summed E-state index contributed by atoms with van der Waals surface area (Å²) in [5, 5.41) is -0.900. The summed E-state index contributed by atoms with van der Waals surface area (Å²) in [4.78, 5) is 20.4. The van der Waals surface area contributed by atoms with Gasteiger partial charge in [0.25, 0.3) is 5.91 Å². The van der Waals surface area contributed by atoms with Crippen molar-refractivity contribution in [2.24, 2.45) is 0 Å². The monoisotopic (exact) mass is 614 g/mol. The predicted molar refractivity (Wildman–Crippen MR) is 133 cm³/mol. The summed E-state index contributed by atoms with van der Waals surface area (Å²) in [5.74, 6) is -5.65. The number of anilines is 1. The number of hydrogen-bond donors (Lipinski definition) is 2. The van der Waals surface area contributed by atoms with Gasteiger partial charge in [0.1, 0.15) is 11.7 Å². The van der Waals surface area contributed by atoms with Gasteiger partial charge in [-0.2, -0.15) is 26.3 Å². The molecule has 0 saturated carbocycles. The molecular formula is C24H16Cl3F7N4O. The summed E-state index contributed by atoms with van der Waals surface area (Å²) in [5.41, 5.74) is 1.35. The zero-order valence-electron chi connectivity index (χ0n) is 19.7. The first-order valence-electron chi connectivity index (χ1n) is 10.7. The van der Waals surface area contributed by atoms with E-state index in [0.717, 1.165) is 18.2 Å². The van der Waals surface area contributed by atoms with Gasteiger partial charge in [-0.3, -0.25) is 15.6 Å². The van der Waals surface area contributed by atoms with E-state index in [4.69, 9.17) is 34.8 Å². The number of carbonyl (C=O) groups is 1. The van der Waals surface area contributed by atoms with Crippen molar-refractivity contribution in [2.75, 3.05) is 5.43 Å². The number of nitrogens with zero attached hydrogens (tertiary/aromatic N) is 2. The Balaban J connectivity index is 1.98. The van der Waals surface area contributed by atoms with Gasteiger partial charge in [0.05, 0.1) is 26.2 Å². The van der Waals surface area contributed by atoms with Crippen LogP contribution in [0.15, 0.2) is 42.5 Å². The first-order chi connectivity index (χ1) is 18.0. The number of aromatic nitrogens is 2. The molecule has 208 valence electrons. The van der Waals surface area contributed by atoms with E-state index in [-0.39, 0.29) is 33.2 Å². The Bertz CT molecular complexity index is 1400. The van der Waals surface area contributed by atoms with Crippen LogP contribution in [0.2, 0.25) is 15.1 Å². The molecule has 1 atom stereocenters. The quantitative estimate of drug-likeness (QED) is 0.166. The van der Waals surface area contributed by atoms with Crippen molar-refractivity contribution in [3.63, 3.8) is 0 Å². The average molecular weight is 616 g/mol. The predicted octanol–water partition coefficient (Wildman–Crippen LogP) is 8.49. The highest BCUT2D eigenvalue weighted by Crippen LogP contribution is 2.42. The molecule has 0 bridgehead atoms. The number of alkyl halides is 6. The molecule has 1 unspecified atom stereocenters. The zero-order valence-corrected chi connectivity index (χ0v) is 22.0. The van der Waals surface area contributed by atoms with Gasteiger partial charge in [-0.05, 0) is 55.8 Å². The van der Waals surface area contributed by atoms with E-state index in [0.29, 0.717) is 17.5 Å². The summed E-state index contributed by atoms with van der Waals surface area (Å²) < 4.78 is 97.7. The van der Waals surface area contributed by atoms with E-state index in [2.05, 4.69) is 15.4 Å². The van der Waals surface area contributed by atoms with Crippen molar-refractivity contribution < 1.29 is 35.5 Å². The fraction of sp³-hybridized carbons (Fsp3) is 0.208. The molecule has 0 saturated heterocycles. The largest absolute Gasteiger partial charge is 0.417 e. The number of carbonyl (C=O) groups excluding carboxylic acids is 1. The van der Waals surface area contributed by atoms with Crippen LogP contribution in [-0.4, -0.2) is 22.1 Å². The standard InChI is InChI=1S/C24H16Cl3F7N4O/c1-10-5-11(2)36-22(35-10)38-37-21(39)14-4-3-12(6-16(14)24(32,33)34)19(28)9-15(23(29,30)31)13-7-17(25)20(27)18(26)8-13/h3-9,15H,1-2H3,(H,37,39)(H,35,36,38). The molecule has 15 heteroatoms. The first-order valence-corrected chi connectivity index (χ1v) is 11.8. The van der Waals surface area contributed by atoms with E-state index in [1.165, 1.54) is 0 Å². The molecule has 0 aliphatic carbocycles. The van der Waals surface area contributed by atoms with Crippen molar-refractivity contribution in [2.45, 2.75) is 32.1 Å². The molecule has 0 aliphatic rings. The molecule has 3 aromatic rings. The summed E-state index contributed by atoms with van der Waals surface area (Å²) in [6, 6.07) is 4.85. The molecule has 2 aromatic carbocycles. The molecule has 0 spiro atoms. The van der Waals surface area contributed by atoms with Crippen LogP contribution in [0.5, 0.6) is 0 Å². The Kier molecular flexibility index (Phi) is 9.03. The molecule has 0 radical (unpaired) electrons. The maximum absolute atomic E-state index is 15.0. The van der Waals surface area contributed by atoms with Crippen molar-refractivity contribution in [1.29, 1.82) is 0 Å². The van der Waals surface area contributed by atoms with Gasteiger partial charge in [-0.15, -0.1) is 0 Å². The summed E-state index contributed by atoms with van der Waals surface area (Å²) >= 11 is 17.3. The summed E-state index contributed by atoms with van der Waals surface area (Å²) in [6.07, 6.45) is -10.2. The van der Waals surface area contributed by atoms with Crippen LogP contribution in [0.1, 0.15) is 44.4 Å². The third kappa shape index (κ3) is 7.52. The Morgan fingerprint density at radius 2 is 1.49 bits per heavy atom. The molecule has 0 aliphatic heterocycles. The number of amides is 1. The van der Waals surface area contributed by atoms with Crippen LogP contribution >= 0.6 is 34.8 Å². The molecule has 2 N–H and O–H groups in total. The number of rotatable bonds is 6. The lowest BCUT2D eigenvalue weighted by molar-refractivity contribution is -0.140. The van der Waals surface area contributed by atoms with Crippen LogP contribution < -0.4 is 10.9 Å². The summed E-state index contributed by atoms with van der Waals surface area (Å²) in [7, 11) is 0. The molecule has 3 rings (SSSR count). The van der Waals surface area contributed by atoms with Gasteiger partial charge in [-0.25, -0.2) is 14.4 Å². The third-order valence-corrected chi connectivity index (χ3v) is 6.34. The smallest absolute Gasteiger partial charge is 0.267 e. The molecule has 5 nitrogen and oxygen atoms in total. The Hall–Kier alpha value is -3.09. The Morgan fingerprint density at radius 1 is 0.923 bits per heavy atom. The van der Waals surface area contributed by atoms with Crippen LogP contribution in [0.4, 0.5) is 36.7 Å². The van der Waals surface area contributed by atoms with E-state index < -0.39 is 52.3 Å².